The Morgan fingerprint density at radius 1 is 1.00 bits per heavy atom. The highest BCUT2D eigenvalue weighted by molar-refractivity contribution is 7.92. The van der Waals surface area contributed by atoms with Crippen molar-refractivity contribution in [3.63, 3.8) is 0 Å². The van der Waals surface area contributed by atoms with E-state index in [0.29, 0.717) is 33.1 Å². The molecule has 0 spiro atoms. The van der Waals surface area contributed by atoms with Gasteiger partial charge in [-0.3, -0.25) is 13.9 Å². The van der Waals surface area contributed by atoms with Gasteiger partial charge in [-0.2, -0.15) is 0 Å². The Balaban J connectivity index is 2.05. The highest BCUT2D eigenvalue weighted by Gasteiger charge is 2.32. The third-order valence-electron chi connectivity index (χ3n) is 5.89. The SMILES string of the molecule is CCC(C(=O)NC(C)C)N(Cc1ccc(Cl)cc1Cl)C(=O)CN(c1cccc2ccccc12)S(C)(=O)=O. The molecule has 10 heteroatoms. The van der Waals surface area contributed by atoms with Crippen LogP contribution < -0.4 is 9.62 Å². The van der Waals surface area contributed by atoms with Crippen LogP contribution in [-0.2, 0) is 26.2 Å². The van der Waals surface area contributed by atoms with E-state index in [2.05, 4.69) is 5.32 Å². The first kappa shape index (κ1) is 28.8. The monoisotopic (exact) mass is 563 g/mol. The highest BCUT2D eigenvalue weighted by atomic mass is 35.5. The molecule has 1 N–H and O–H groups in total. The fourth-order valence-electron chi connectivity index (χ4n) is 4.15. The normalized spacial score (nSPS) is 12.4. The van der Waals surface area contributed by atoms with Gasteiger partial charge in [-0.25, -0.2) is 8.42 Å². The zero-order valence-corrected chi connectivity index (χ0v) is 23.6. The lowest BCUT2D eigenvalue weighted by atomic mass is 10.1. The van der Waals surface area contributed by atoms with Gasteiger partial charge in [0.25, 0.3) is 0 Å². The van der Waals surface area contributed by atoms with E-state index in [1.807, 2.05) is 44.2 Å². The Hall–Kier alpha value is -2.81. The summed E-state index contributed by atoms with van der Waals surface area (Å²) in [6, 6.07) is 16.6. The number of amides is 2. The second kappa shape index (κ2) is 12.2. The van der Waals surface area contributed by atoms with Gasteiger partial charge in [0.2, 0.25) is 21.8 Å². The van der Waals surface area contributed by atoms with E-state index in [1.165, 1.54) is 4.90 Å². The first-order valence-electron chi connectivity index (χ1n) is 11.9. The molecule has 0 heterocycles. The lowest BCUT2D eigenvalue weighted by molar-refractivity contribution is -0.140. The van der Waals surface area contributed by atoms with E-state index in [0.717, 1.165) is 15.9 Å². The van der Waals surface area contributed by atoms with E-state index in [-0.39, 0.29) is 18.5 Å². The van der Waals surface area contributed by atoms with Gasteiger partial charge in [0.05, 0.1) is 11.9 Å². The van der Waals surface area contributed by atoms with Crippen molar-refractivity contribution < 1.29 is 18.0 Å². The summed E-state index contributed by atoms with van der Waals surface area (Å²) >= 11 is 12.4. The number of carbonyl (C=O) groups excluding carboxylic acids is 2. The Bertz CT molecular complexity index is 1390. The van der Waals surface area contributed by atoms with Crippen LogP contribution >= 0.6 is 23.2 Å². The number of halogens is 2. The summed E-state index contributed by atoms with van der Waals surface area (Å²) in [5.74, 6) is -0.859. The van der Waals surface area contributed by atoms with Crippen LogP contribution in [-0.4, -0.2) is 50.0 Å². The minimum Gasteiger partial charge on any atom is -0.352 e. The van der Waals surface area contributed by atoms with Crippen LogP contribution in [0.5, 0.6) is 0 Å². The first-order valence-corrected chi connectivity index (χ1v) is 14.5. The molecule has 0 aromatic heterocycles. The van der Waals surface area contributed by atoms with Gasteiger partial charge in [0, 0.05) is 28.0 Å². The summed E-state index contributed by atoms with van der Waals surface area (Å²) in [6.07, 6.45) is 1.38. The van der Waals surface area contributed by atoms with Crippen LogP contribution in [0.3, 0.4) is 0 Å². The maximum absolute atomic E-state index is 13.9. The highest BCUT2D eigenvalue weighted by Crippen LogP contribution is 2.29. The molecular weight excluding hydrogens is 533 g/mol. The van der Waals surface area contributed by atoms with Crippen LogP contribution in [0.25, 0.3) is 10.8 Å². The summed E-state index contributed by atoms with van der Waals surface area (Å²) in [5, 5.41) is 5.18. The number of carbonyl (C=O) groups is 2. The zero-order chi connectivity index (χ0) is 27.3. The first-order chi connectivity index (χ1) is 17.4. The maximum Gasteiger partial charge on any atom is 0.244 e. The zero-order valence-electron chi connectivity index (χ0n) is 21.2. The molecule has 0 aliphatic heterocycles. The molecule has 37 heavy (non-hydrogen) atoms. The molecule has 3 aromatic rings. The number of nitrogens with zero attached hydrogens (tertiary/aromatic N) is 2. The van der Waals surface area contributed by atoms with Gasteiger partial charge >= 0.3 is 0 Å². The quantitative estimate of drug-likeness (QED) is 0.365. The number of benzene rings is 3. The lowest BCUT2D eigenvalue weighted by Crippen LogP contribution is -2.53. The van der Waals surface area contributed by atoms with Crippen LogP contribution in [0.1, 0.15) is 32.8 Å². The Labute approximate surface area is 228 Å². The largest absolute Gasteiger partial charge is 0.352 e. The molecule has 2 amide bonds. The van der Waals surface area contributed by atoms with Gasteiger partial charge in [-0.15, -0.1) is 0 Å². The van der Waals surface area contributed by atoms with Crippen molar-refractivity contribution in [2.75, 3.05) is 17.1 Å². The Morgan fingerprint density at radius 2 is 1.68 bits per heavy atom. The van der Waals surface area contributed by atoms with Gasteiger partial charge in [-0.1, -0.05) is 72.6 Å². The summed E-state index contributed by atoms with van der Waals surface area (Å²) in [7, 11) is -3.85. The molecule has 0 bridgehead atoms. The van der Waals surface area contributed by atoms with Crippen LogP contribution in [0.4, 0.5) is 5.69 Å². The number of anilines is 1. The van der Waals surface area contributed by atoms with Crippen molar-refractivity contribution in [3.05, 3.63) is 76.3 Å². The topological polar surface area (TPSA) is 86.8 Å². The van der Waals surface area contributed by atoms with Crippen LogP contribution in [0, 0.1) is 0 Å². The van der Waals surface area contributed by atoms with Crippen molar-refractivity contribution in [2.45, 2.75) is 45.8 Å². The standard InChI is InChI=1S/C27H31Cl2N3O4S/c1-5-24(27(34)30-18(2)3)31(16-20-13-14-21(28)15-23(20)29)26(33)17-32(37(4,35)36)25-12-8-10-19-9-6-7-11-22(19)25/h6-15,18,24H,5,16-17H2,1-4H3,(H,30,34). The molecule has 0 aliphatic carbocycles. The minimum absolute atomic E-state index is 0.00595. The summed E-state index contributed by atoms with van der Waals surface area (Å²) in [5.41, 5.74) is 0.976. The van der Waals surface area contributed by atoms with E-state index < -0.39 is 28.5 Å². The molecule has 198 valence electrons. The molecule has 0 aliphatic rings. The summed E-state index contributed by atoms with van der Waals surface area (Å²) in [4.78, 5) is 28.3. The molecule has 7 nitrogen and oxygen atoms in total. The maximum atomic E-state index is 13.9. The second-order valence-corrected chi connectivity index (χ2v) is 11.9. The van der Waals surface area contributed by atoms with Gasteiger partial charge < -0.3 is 10.2 Å². The number of hydrogen-bond donors (Lipinski definition) is 1. The van der Waals surface area contributed by atoms with E-state index in [4.69, 9.17) is 23.2 Å². The number of rotatable bonds is 10. The molecule has 1 unspecified atom stereocenters. The number of hydrogen-bond acceptors (Lipinski definition) is 4. The molecule has 0 fully saturated rings. The minimum atomic E-state index is -3.85. The number of nitrogens with one attached hydrogen (secondary N) is 1. The smallest absolute Gasteiger partial charge is 0.244 e. The van der Waals surface area contributed by atoms with Crippen LogP contribution in [0.2, 0.25) is 10.0 Å². The van der Waals surface area contributed by atoms with Crippen molar-refractivity contribution in [1.82, 2.24) is 10.2 Å². The van der Waals surface area contributed by atoms with Crippen molar-refractivity contribution in [1.29, 1.82) is 0 Å². The average molecular weight is 565 g/mol. The van der Waals surface area contributed by atoms with Crippen molar-refractivity contribution in [3.8, 4) is 0 Å². The fourth-order valence-corrected chi connectivity index (χ4v) is 5.48. The van der Waals surface area contributed by atoms with E-state index in [1.54, 1.807) is 37.3 Å². The number of fused-ring (bicyclic) bond motifs is 1. The average Bonchev–Trinajstić information content (AvgIpc) is 2.82. The molecule has 3 rings (SSSR count). The molecular formula is C27H31Cl2N3O4S. The fraction of sp³-hybridized carbons (Fsp3) is 0.333. The summed E-state index contributed by atoms with van der Waals surface area (Å²) < 4.78 is 27.0. The van der Waals surface area contributed by atoms with E-state index >= 15 is 0 Å². The number of sulfonamides is 1. The van der Waals surface area contributed by atoms with Crippen molar-refractivity contribution in [2.24, 2.45) is 0 Å². The van der Waals surface area contributed by atoms with Gasteiger partial charge in [0.1, 0.15) is 12.6 Å². The summed E-state index contributed by atoms with van der Waals surface area (Å²) in [6.45, 7) is 4.99. The molecule has 0 saturated heterocycles. The Kier molecular flexibility index (Phi) is 9.45. The lowest BCUT2D eigenvalue weighted by Gasteiger charge is -2.33. The third kappa shape index (κ3) is 7.15. The third-order valence-corrected chi connectivity index (χ3v) is 7.60. The second-order valence-electron chi connectivity index (χ2n) is 9.11. The molecule has 1 atom stereocenters. The van der Waals surface area contributed by atoms with Crippen LogP contribution in [0.15, 0.2) is 60.7 Å². The predicted octanol–water partition coefficient (Wildman–Crippen LogP) is 5.24. The van der Waals surface area contributed by atoms with Crippen molar-refractivity contribution >= 4 is 61.5 Å². The molecule has 3 aromatic carbocycles. The van der Waals surface area contributed by atoms with Gasteiger partial charge in [-0.05, 0) is 49.4 Å². The molecule has 0 saturated carbocycles. The molecule has 0 radical (unpaired) electrons. The van der Waals surface area contributed by atoms with Gasteiger partial charge in [0.15, 0.2) is 0 Å². The predicted molar refractivity (Wildman–Crippen MR) is 151 cm³/mol. The Morgan fingerprint density at radius 3 is 2.30 bits per heavy atom. The van der Waals surface area contributed by atoms with E-state index in [9.17, 15) is 18.0 Å².